The molecular weight excluding hydrogens is 106 g/mol. The molecule has 0 saturated heterocycles. The molecule has 0 fully saturated rings. The van der Waals surface area contributed by atoms with Crippen LogP contribution >= 0.6 is 0 Å². The summed E-state index contributed by atoms with van der Waals surface area (Å²) >= 11 is 0. The Bertz CT molecular complexity index is 81.4. The van der Waals surface area contributed by atoms with Gasteiger partial charge in [0.05, 0.1) is 6.54 Å². The van der Waals surface area contributed by atoms with Crippen LogP contribution in [0, 0.1) is 0 Å². The van der Waals surface area contributed by atoms with Gasteiger partial charge < -0.3 is 5.32 Å². The fourth-order valence-electron chi connectivity index (χ4n) is 0.306. The van der Waals surface area contributed by atoms with Crippen LogP contribution in [0.25, 0.3) is 0 Å². The zero-order chi connectivity index (χ0) is 6.57. The lowest BCUT2D eigenvalue weighted by molar-refractivity contribution is -0.121. The molecule has 1 amide bonds. The van der Waals surface area contributed by atoms with Crippen molar-refractivity contribution in [3.8, 4) is 0 Å². The number of hydrazine groups is 1. The van der Waals surface area contributed by atoms with Crippen molar-refractivity contribution >= 4 is 5.91 Å². The number of carbonyl (C=O) groups is 1. The molecule has 3 N–H and O–H groups in total. The molecule has 0 aliphatic carbocycles. The number of amides is 1. The summed E-state index contributed by atoms with van der Waals surface area (Å²) in [5.41, 5.74) is 0. The summed E-state index contributed by atoms with van der Waals surface area (Å²) < 4.78 is 0. The molecule has 0 spiro atoms. The van der Waals surface area contributed by atoms with Gasteiger partial charge in [0.25, 0.3) is 0 Å². The van der Waals surface area contributed by atoms with E-state index in [1.807, 2.05) is 0 Å². The van der Waals surface area contributed by atoms with E-state index < -0.39 is 0 Å². The van der Waals surface area contributed by atoms with E-state index >= 15 is 0 Å². The Balaban J connectivity index is 3.25. The molecule has 8 heavy (non-hydrogen) atoms. The van der Waals surface area contributed by atoms with Gasteiger partial charge in [-0.05, 0) is 0 Å². The van der Waals surface area contributed by atoms with Gasteiger partial charge in [0, 0.05) is 14.1 Å². The van der Waals surface area contributed by atoms with Crippen molar-refractivity contribution in [3.63, 3.8) is 0 Å². The van der Waals surface area contributed by atoms with Crippen LogP contribution in [0.2, 0.25) is 0 Å². The van der Waals surface area contributed by atoms with Gasteiger partial charge in [0.15, 0.2) is 0 Å². The Kier molecular flexibility index (Phi) is 3.14. The van der Waals surface area contributed by atoms with Gasteiger partial charge in [0.2, 0.25) is 5.91 Å². The molecule has 0 bridgehead atoms. The smallest absolute Gasteiger partial charge is 0.235 e. The molecule has 0 aromatic heterocycles. The zero-order valence-electron chi connectivity index (χ0n) is 5.14. The second-order valence-electron chi connectivity index (χ2n) is 1.59. The topological polar surface area (TPSA) is 58.4 Å². The molecule has 0 aliphatic rings. The Morgan fingerprint density at radius 3 is 2.50 bits per heavy atom. The summed E-state index contributed by atoms with van der Waals surface area (Å²) in [4.78, 5) is 10.4. The van der Waals surface area contributed by atoms with Crippen molar-refractivity contribution < 1.29 is 4.79 Å². The Morgan fingerprint density at radius 2 is 2.38 bits per heavy atom. The first-order valence-corrected chi connectivity index (χ1v) is 2.33. The number of carbonyl (C=O) groups excluding carboxylic acids is 1. The van der Waals surface area contributed by atoms with E-state index in [2.05, 4.69) is 5.32 Å². The summed E-state index contributed by atoms with van der Waals surface area (Å²) in [6.45, 7) is 0.247. The van der Waals surface area contributed by atoms with Crippen molar-refractivity contribution in [2.45, 2.75) is 0 Å². The third-order valence-electron chi connectivity index (χ3n) is 0.672. The normalized spacial score (nSPS) is 9.50. The van der Waals surface area contributed by atoms with Gasteiger partial charge in [0.1, 0.15) is 0 Å². The number of nitrogens with one attached hydrogen (secondary N) is 1. The average molecular weight is 117 g/mol. The van der Waals surface area contributed by atoms with Gasteiger partial charge in [-0.15, -0.1) is 0 Å². The van der Waals surface area contributed by atoms with Gasteiger partial charge >= 0.3 is 0 Å². The van der Waals surface area contributed by atoms with Crippen LogP contribution in [0.1, 0.15) is 0 Å². The summed E-state index contributed by atoms with van der Waals surface area (Å²) in [6.07, 6.45) is 0. The fraction of sp³-hybridized carbons (Fsp3) is 0.750. The molecule has 48 valence electrons. The van der Waals surface area contributed by atoms with Crippen molar-refractivity contribution in [2.75, 3.05) is 20.6 Å². The second kappa shape index (κ2) is 3.40. The summed E-state index contributed by atoms with van der Waals surface area (Å²) in [7, 11) is 3.21. The molecule has 0 rings (SSSR count). The molecule has 0 saturated carbocycles. The lowest BCUT2D eigenvalue weighted by Gasteiger charge is -2.05. The number of likely N-dealkylation sites (N-methyl/N-ethyl adjacent to an activating group) is 2. The third kappa shape index (κ3) is 3.58. The quantitative estimate of drug-likeness (QED) is 0.343. The molecule has 4 heteroatoms. The van der Waals surface area contributed by atoms with Crippen molar-refractivity contribution in [2.24, 2.45) is 5.84 Å². The molecule has 0 unspecified atom stereocenters. The van der Waals surface area contributed by atoms with Crippen molar-refractivity contribution in [1.29, 1.82) is 0 Å². The van der Waals surface area contributed by atoms with E-state index in [-0.39, 0.29) is 12.5 Å². The average Bonchev–Trinajstić information content (AvgIpc) is 1.65. The van der Waals surface area contributed by atoms with Crippen LogP contribution < -0.4 is 11.2 Å². The minimum Gasteiger partial charge on any atom is -0.358 e. The molecule has 4 nitrogen and oxygen atoms in total. The van der Waals surface area contributed by atoms with Crippen LogP contribution in [0.3, 0.4) is 0 Å². The van der Waals surface area contributed by atoms with E-state index in [1.165, 1.54) is 5.01 Å². The first kappa shape index (κ1) is 7.39. The maximum Gasteiger partial charge on any atom is 0.235 e. The summed E-state index contributed by atoms with van der Waals surface area (Å²) in [5, 5.41) is 3.75. The van der Waals surface area contributed by atoms with Crippen molar-refractivity contribution in [1.82, 2.24) is 10.3 Å². The van der Waals surface area contributed by atoms with Gasteiger partial charge in [-0.25, -0.2) is 5.01 Å². The molecule has 0 aromatic rings. The highest BCUT2D eigenvalue weighted by molar-refractivity contribution is 5.77. The van der Waals surface area contributed by atoms with Crippen molar-refractivity contribution in [3.05, 3.63) is 0 Å². The lowest BCUT2D eigenvalue weighted by atomic mass is 10.6. The Labute approximate surface area is 48.6 Å². The maximum absolute atomic E-state index is 10.4. The molecule has 0 aliphatic heterocycles. The summed E-state index contributed by atoms with van der Waals surface area (Å²) in [5.74, 6) is 5.07. The number of hydrogen-bond donors (Lipinski definition) is 2. The van der Waals surface area contributed by atoms with E-state index in [0.29, 0.717) is 0 Å². The highest BCUT2D eigenvalue weighted by atomic mass is 16.2. The first-order chi connectivity index (χ1) is 3.66. The number of nitrogens with zero attached hydrogens (tertiary/aromatic N) is 1. The predicted molar refractivity (Wildman–Crippen MR) is 30.9 cm³/mol. The first-order valence-electron chi connectivity index (χ1n) is 2.33. The van der Waals surface area contributed by atoms with E-state index in [9.17, 15) is 4.79 Å². The van der Waals surface area contributed by atoms with Crippen LogP contribution in [0.15, 0.2) is 0 Å². The number of hydrogen-bond acceptors (Lipinski definition) is 3. The molecular formula is C4H11N3O. The second-order valence-corrected chi connectivity index (χ2v) is 1.59. The van der Waals surface area contributed by atoms with Gasteiger partial charge in [-0.2, -0.15) is 0 Å². The van der Waals surface area contributed by atoms with Crippen LogP contribution in [-0.2, 0) is 4.79 Å². The van der Waals surface area contributed by atoms with Crippen LogP contribution in [0.4, 0.5) is 0 Å². The van der Waals surface area contributed by atoms with E-state index in [4.69, 9.17) is 5.84 Å². The standard InChI is InChI=1S/C4H11N3O/c1-6-4(8)3-7(2)5/h3,5H2,1-2H3,(H,6,8). The molecule has 0 aromatic carbocycles. The highest BCUT2D eigenvalue weighted by Gasteiger charge is 1.96. The zero-order valence-corrected chi connectivity index (χ0v) is 5.14. The fourth-order valence-corrected chi connectivity index (χ4v) is 0.306. The number of rotatable bonds is 2. The van der Waals surface area contributed by atoms with Gasteiger partial charge in [-0.1, -0.05) is 0 Å². The highest BCUT2D eigenvalue weighted by Crippen LogP contribution is 1.65. The monoisotopic (exact) mass is 117 g/mol. The van der Waals surface area contributed by atoms with E-state index in [1.54, 1.807) is 14.1 Å². The Morgan fingerprint density at radius 1 is 1.88 bits per heavy atom. The van der Waals surface area contributed by atoms with Crippen LogP contribution in [-0.4, -0.2) is 31.6 Å². The number of nitrogens with two attached hydrogens (primary N) is 1. The largest absolute Gasteiger partial charge is 0.358 e. The SMILES string of the molecule is CNC(=O)CN(C)N. The molecule has 0 heterocycles. The molecule has 0 radical (unpaired) electrons. The van der Waals surface area contributed by atoms with E-state index in [0.717, 1.165) is 0 Å². The third-order valence-corrected chi connectivity index (χ3v) is 0.672. The minimum absolute atomic E-state index is 0.0741. The Hall–Kier alpha value is -0.610. The van der Waals surface area contributed by atoms with Gasteiger partial charge in [-0.3, -0.25) is 10.6 Å². The minimum atomic E-state index is -0.0741. The maximum atomic E-state index is 10.4. The molecule has 0 atom stereocenters. The lowest BCUT2D eigenvalue weighted by Crippen LogP contribution is -2.36. The van der Waals surface area contributed by atoms with Crippen LogP contribution in [0.5, 0.6) is 0 Å². The summed E-state index contributed by atoms with van der Waals surface area (Å²) in [6, 6.07) is 0. The predicted octanol–water partition coefficient (Wildman–Crippen LogP) is -1.46.